The van der Waals surface area contributed by atoms with Crippen molar-refractivity contribution < 1.29 is 4.74 Å². The molecule has 3 nitrogen and oxygen atoms in total. The van der Waals surface area contributed by atoms with Gasteiger partial charge >= 0.3 is 0 Å². The standard InChI is InChI=1S/C13H19BrN2OS/c14-13-4-3-12(18-13)8-15-7-11-9-16(5-6-17-11)10-1-2-10/h3-4,10-11,15H,1-2,5-9H2/t11-/m1/s1. The van der Waals surface area contributed by atoms with Gasteiger partial charge in [0, 0.05) is 37.1 Å². The van der Waals surface area contributed by atoms with Crippen LogP contribution >= 0.6 is 27.3 Å². The minimum Gasteiger partial charge on any atom is -0.374 e. The van der Waals surface area contributed by atoms with Gasteiger partial charge in [-0.15, -0.1) is 11.3 Å². The molecule has 1 aliphatic heterocycles. The summed E-state index contributed by atoms with van der Waals surface area (Å²) in [4.78, 5) is 3.97. The van der Waals surface area contributed by atoms with Gasteiger partial charge in [-0.2, -0.15) is 0 Å². The zero-order chi connectivity index (χ0) is 12.4. The average molecular weight is 331 g/mol. The van der Waals surface area contributed by atoms with Crippen LogP contribution in [-0.2, 0) is 11.3 Å². The lowest BCUT2D eigenvalue weighted by atomic mass is 10.2. The van der Waals surface area contributed by atoms with E-state index < -0.39 is 0 Å². The van der Waals surface area contributed by atoms with E-state index in [2.05, 4.69) is 38.3 Å². The number of rotatable bonds is 5. The van der Waals surface area contributed by atoms with Gasteiger partial charge in [0.1, 0.15) is 0 Å². The quantitative estimate of drug-likeness (QED) is 0.897. The topological polar surface area (TPSA) is 24.5 Å². The number of hydrogen-bond acceptors (Lipinski definition) is 4. The van der Waals surface area contributed by atoms with Crippen molar-refractivity contribution >= 4 is 27.3 Å². The van der Waals surface area contributed by atoms with Gasteiger partial charge in [-0.25, -0.2) is 0 Å². The monoisotopic (exact) mass is 330 g/mol. The fourth-order valence-corrected chi connectivity index (χ4v) is 3.89. The Bertz CT molecular complexity index is 394. The molecule has 100 valence electrons. The Kier molecular flexibility index (Phi) is 4.36. The van der Waals surface area contributed by atoms with Crippen LogP contribution in [0.5, 0.6) is 0 Å². The van der Waals surface area contributed by atoms with Gasteiger partial charge in [-0.1, -0.05) is 0 Å². The molecule has 1 saturated heterocycles. The predicted molar refractivity (Wildman–Crippen MR) is 78.1 cm³/mol. The van der Waals surface area contributed by atoms with E-state index in [0.29, 0.717) is 6.10 Å². The van der Waals surface area contributed by atoms with E-state index in [9.17, 15) is 0 Å². The van der Waals surface area contributed by atoms with E-state index in [1.165, 1.54) is 21.5 Å². The second kappa shape index (κ2) is 6.01. The van der Waals surface area contributed by atoms with E-state index in [1.807, 2.05) is 0 Å². The first-order chi connectivity index (χ1) is 8.81. The van der Waals surface area contributed by atoms with Crippen molar-refractivity contribution in [1.29, 1.82) is 0 Å². The third-order valence-electron chi connectivity index (χ3n) is 3.53. The van der Waals surface area contributed by atoms with E-state index in [4.69, 9.17) is 4.74 Å². The van der Waals surface area contributed by atoms with Crippen molar-refractivity contribution in [2.75, 3.05) is 26.2 Å². The van der Waals surface area contributed by atoms with Crippen molar-refractivity contribution in [3.05, 3.63) is 20.8 Å². The first kappa shape index (κ1) is 13.1. The highest BCUT2D eigenvalue weighted by Crippen LogP contribution is 2.28. The van der Waals surface area contributed by atoms with Gasteiger partial charge in [-0.3, -0.25) is 4.90 Å². The zero-order valence-corrected chi connectivity index (χ0v) is 12.8. The Morgan fingerprint density at radius 2 is 2.33 bits per heavy atom. The molecule has 1 aromatic heterocycles. The molecule has 2 aliphatic rings. The average Bonchev–Trinajstić information content (AvgIpc) is 3.14. The molecule has 0 unspecified atom stereocenters. The molecule has 1 aliphatic carbocycles. The van der Waals surface area contributed by atoms with Crippen LogP contribution in [0.3, 0.4) is 0 Å². The van der Waals surface area contributed by atoms with Gasteiger partial charge in [0.25, 0.3) is 0 Å². The Hall–Kier alpha value is 0.0600. The lowest BCUT2D eigenvalue weighted by Crippen LogP contribution is -2.47. The number of nitrogens with one attached hydrogen (secondary N) is 1. The molecule has 1 aromatic rings. The molecule has 18 heavy (non-hydrogen) atoms. The third kappa shape index (κ3) is 3.54. The second-order valence-electron chi connectivity index (χ2n) is 5.06. The molecule has 0 spiro atoms. The van der Waals surface area contributed by atoms with Gasteiger partial charge in [0.05, 0.1) is 16.5 Å². The van der Waals surface area contributed by atoms with Crippen LogP contribution < -0.4 is 5.32 Å². The van der Waals surface area contributed by atoms with Crippen LogP contribution in [0.2, 0.25) is 0 Å². The van der Waals surface area contributed by atoms with Gasteiger partial charge in [-0.05, 0) is 40.9 Å². The largest absolute Gasteiger partial charge is 0.374 e. The third-order valence-corrected chi connectivity index (χ3v) is 5.16. The molecule has 0 amide bonds. The highest BCUT2D eigenvalue weighted by Gasteiger charge is 2.32. The molecule has 1 saturated carbocycles. The highest BCUT2D eigenvalue weighted by molar-refractivity contribution is 9.11. The lowest BCUT2D eigenvalue weighted by molar-refractivity contribution is -0.0301. The molecule has 0 aromatic carbocycles. The van der Waals surface area contributed by atoms with Crippen LogP contribution in [0.25, 0.3) is 0 Å². The number of halogens is 1. The molecule has 0 radical (unpaired) electrons. The fourth-order valence-electron chi connectivity index (χ4n) is 2.44. The summed E-state index contributed by atoms with van der Waals surface area (Å²) in [7, 11) is 0. The fraction of sp³-hybridized carbons (Fsp3) is 0.692. The minimum atomic E-state index is 0.364. The maximum absolute atomic E-state index is 5.82. The summed E-state index contributed by atoms with van der Waals surface area (Å²) in [5.41, 5.74) is 0. The molecule has 0 bridgehead atoms. The van der Waals surface area contributed by atoms with Crippen molar-refractivity contribution in [3.8, 4) is 0 Å². The Labute approximate surface area is 121 Å². The van der Waals surface area contributed by atoms with Crippen molar-refractivity contribution in [2.45, 2.75) is 31.5 Å². The highest BCUT2D eigenvalue weighted by atomic mass is 79.9. The van der Waals surface area contributed by atoms with Crippen LogP contribution in [0.15, 0.2) is 15.9 Å². The Morgan fingerprint density at radius 1 is 1.44 bits per heavy atom. The van der Waals surface area contributed by atoms with Crippen LogP contribution in [0.1, 0.15) is 17.7 Å². The SMILES string of the molecule is Brc1ccc(CNC[C@@H]2CN(C3CC3)CCO2)s1. The number of morpholine rings is 1. The number of nitrogens with zero attached hydrogens (tertiary/aromatic N) is 1. The Balaban J connectivity index is 1.39. The van der Waals surface area contributed by atoms with Gasteiger partial charge < -0.3 is 10.1 Å². The van der Waals surface area contributed by atoms with Crippen molar-refractivity contribution in [1.82, 2.24) is 10.2 Å². The number of hydrogen-bond donors (Lipinski definition) is 1. The van der Waals surface area contributed by atoms with Crippen LogP contribution in [0.4, 0.5) is 0 Å². The summed E-state index contributed by atoms with van der Waals surface area (Å²) < 4.78 is 7.02. The normalized spacial score (nSPS) is 25.5. The smallest absolute Gasteiger partial charge is 0.0826 e. The number of ether oxygens (including phenoxy) is 1. The zero-order valence-electron chi connectivity index (χ0n) is 10.4. The molecular formula is C13H19BrN2OS. The van der Waals surface area contributed by atoms with Gasteiger partial charge in [0.2, 0.25) is 0 Å². The molecule has 1 N–H and O–H groups in total. The lowest BCUT2D eigenvalue weighted by Gasteiger charge is -2.33. The van der Waals surface area contributed by atoms with Crippen LogP contribution in [0, 0.1) is 0 Å². The summed E-state index contributed by atoms with van der Waals surface area (Å²) in [6.45, 7) is 5.02. The van der Waals surface area contributed by atoms with E-state index in [0.717, 1.165) is 38.8 Å². The van der Waals surface area contributed by atoms with Crippen molar-refractivity contribution in [2.24, 2.45) is 0 Å². The molecular weight excluding hydrogens is 312 g/mol. The molecule has 1 atom stereocenters. The molecule has 2 fully saturated rings. The van der Waals surface area contributed by atoms with E-state index in [1.54, 1.807) is 11.3 Å². The first-order valence-electron chi connectivity index (χ1n) is 6.62. The first-order valence-corrected chi connectivity index (χ1v) is 8.23. The minimum absolute atomic E-state index is 0.364. The van der Waals surface area contributed by atoms with Crippen molar-refractivity contribution in [3.63, 3.8) is 0 Å². The molecule has 2 heterocycles. The summed E-state index contributed by atoms with van der Waals surface area (Å²) in [6.07, 6.45) is 3.15. The summed E-state index contributed by atoms with van der Waals surface area (Å²) in [6, 6.07) is 5.14. The van der Waals surface area contributed by atoms with E-state index in [-0.39, 0.29) is 0 Å². The summed E-state index contributed by atoms with van der Waals surface area (Å²) in [5, 5.41) is 3.50. The summed E-state index contributed by atoms with van der Waals surface area (Å²) >= 11 is 5.28. The Morgan fingerprint density at radius 3 is 3.06 bits per heavy atom. The predicted octanol–water partition coefficient (Wildman–Crippen LogP) is 2.46. The molecule has 5 heteroatoms. The van der Waals surface area contributed by atoms with E-state index >= 15 is 0 Å². The maximum Gasteiger partial charge on any atom is 0.0826 e. The maximum atomic E-state index is 5.82. The second-order valence-corrected chi connectivity index (χ2v) is 7.60. The number of thiophene rings is 1. The van der Waals surface area contributed by atoms with Crippen LogP contribution in [-0.4, -0.2) is 43.3 Å². The van der Waals surface area contributed by atoms with Gasteiger partial charge in [0.15, 0.2) is 0 Å². The summed E-state index contributed by atoms with van der Waals surface area (Å²) in [5.74, 6) is 0. The molecule has 3 rings (SSSR count).